The molecule has 0 saturated carbocycles. The van der Waals surface area contributed by atoms with Crippen molar-refractivity contribution in [3.05, 3.63) is 40.9 Å². The molecular formula is C10H10ClF3N2. The van der Waals surface area contributed by atoms with Crippen molar-refractivity contribution in [2.45, 2.75) is 12.2 Å². The Morgan fingerprint density at radius 2 is 1.94 bits per heavy atom. The van der Waals surface area contributed by atoms with E-state index in [2.05, 4.69) is 6.58 Å². The number of hydrogen-bond acceptors (Lipinski definition) is 2. The van der Waals surface area contributed by atoms with Crippen LogP contribution in [0, 0.1) is 0 Å². The number of nitrogen functional groups attached to an aromatic ring is 1. The highest BCUT2D eigenvalue weighted by Crippen LogP contribution is 2.38. The van der Waals surface area contributed by atoms with Crippen molar-refractivity contribution in [2.75, 3.05) is 5.73 Å². The SMILES string of the molecule is C=C[C@@H](N)c1cc(Cl)c(N)c(C(F)(F)F)c1. The van der Waals surface area contributed by atoms with Gasteiger partial charge in [-0.1, -0.05) is 17.7 Å². The van der Waals surface area contributed by atoms with E-state index in [4.69, 9.17) is 23.1 Å². The predicted molar refractivity (Wildman–Crippen MR) is 58.0 cm³/mol. The van der Waals surface area contributed by atoms with Gasteiger partial charge in [-0.15, -0.1) is 6.58 Å². The molecule has 0 unspecified atom stereocenters. The number of benzene rings is 1. The third-order valence-corrected chi connectivity index (χ3v) is 2.41. The molecule has 0 aromatic heterocycles. The smallest absolute Gasteiger partial charge is 0.397 e. The van der Waals surface area contributed by atoms with Gasteiger partial charge in [0.2, 0.25) is 0 Å². The van der Waals surface area contributed by atoms with Crippen LogP contribution in [0.15, 0.2) is 24.8 Å². The number of hydrogen-bond donors (Lipinski definition) is 2. The molecule has 0 saturated heterocycles. The third kappa shape index (κ3) is 2.48. The number of rotatable bonds is 2. The minimum atomic E-state index is -4.55. The highest BCUT2D eigenvalue weighted by Gasteiger charge is 2.34. The summed E-state index contributed by atoms with van der Waals surface area (Å²) in [6.45, 7) is 3.40. The number of alkyl halides is 3. The maximum atomic E-state index is 12.6. The summed E-state index contributed by atoms with van der Waals surface area (Å²) >= 11 is 5.61. The van der Waals surface area contributed by atoms with Gasteiger partial charge in [0.15, 0.2) is 0 Å². The molecule has 0 radical (unpaired) electrons. The van der Waals surface area contributed by atoms with Crippen molar-refractivity contribution < 1.29 is 13.2 Å². The lowest BCUT2D eigenvalue weighted by Gasteiger charge is -2.15. The molecule has 0 aliphatic carbocycles. The zero-order valence-electron chi connectivity index (χ0n) is 8.18. The van der Waals surface area contributed by atoms with Crippen LogP contribution in [0.4, 0.5) is 18.9 Å². The van der Waals surface area contributed by atoms with Gasteiger partial charge in [-0.05, 0) is 17.7 Å². The van der Waals surface area contributed by atoms with Gasteiger partial charge in [0.25, 0.3) is 0 Å². The molecule has 0 aliphatic heterocycles. The second-order valence-corrected chi connectivity index (χ2v) is 3.63. The molecule has 88 valence electrons. The Kier molecular flexibility index (Phi) is 3.50. The third-order valence-electron chi connectivity index (χ3n) is 2.10. The van der Waals surface area contributed by atoms with Crippen molar-refractivity contribution in [3.8, 4) is 0 Å². The number of anilines is 1. The van der Waals surface area contributed by atoms with Crippen molar-refractivity contribution in [2.24, 2.45) is 5.73 Å². The van der Waals surface area contributed by atoms with Crippen molar-refractivity contribution >= 4 is 17.3 Å². The zero-order valence-corrected chi connectivity index (χ0v) is 8.94. The summed E-state index contributed by atoms with van der Waals surface area (Å²) in [5.74, 6) is 0. The first-order valence-corrected chi connectivity index (χ1v) is 4.69. The molecule has 0 fully saturated rings. The average molecular weight is 251 g/mol. The molecule has 16 heavy (non-hydrogen) atoms. The van der Waals surface area contributed by atoms with Crippen LogP contribution < -0.4 is 11.5 Å². The summed E-state index contributed by atoms with van der Waals surface area (Å²) < 4.78 is 37.7. The summed E-state index contributed by atoms with van der Waals surface area (Å²) in [6.07, 6.45) is -3.23. The zero-order chi connectivity index (χ0) is 12.5. The van der Waals surface area contributed by atoms with Crippen LogP contribution in [-0.2, 0) is 6.18 Å². The Balaban J connectivity index is 3.39. The second-order valence-electron chi connectivity index (χ2n) is 3.22. The largest absolute Gasteiger partial charge is 0.418 e. The molecule has 0 amide bonds. The minimum Gasteiger partial charge on any atom is -0.397 e. The summed E-state index contributed by atoms with van der Waals surface area (Å²) in [5.41, 5.74) is 9.55. The maximum absolute atomic E-state index is 12.6. The molecule has 6 heteroatoms. The van der Waals surface area contributed by atoms with Crippen LogP contribution in [0.2, 0.25) is 5.02 Å². The summed E-state index contributed by atoms with van der Waals surface area (Å²) in [7, 11) is 0. The Morgan fingerprint density at radius 1 is 1.38 bits per heavy atom. The highest BCUT2D eigenvalue weighted by molar-refractivity contribution is 6.33. The van der Waals surface area contributed by atoms with Crippen LogP contribution in [0.5, 0.6) is 0 Å². The van der Waals surface area contributed by atoms with E-state index in [-0.39, 0.29) is 10.6 Å². The summed E-state index contributed by atoms with van der Waals surface area (Å²) in [4.78, 5) is 0. The van der Waals surface area contributed by atoms with Gasteiger partial charge in [0.05, 0.1) is 16.3 Å². The van der Waals surface area contributed by atoms with E-state index in [0.717, 1.165) is 6.07 Å². The topological polar surface area (TPSA) is 52.0 Å². The van der Waals surface area contributed by atoms with Gasteiger partial charge in [-0.3, -0.25) is 0 Å². The molecule has 1 aromatic carbocycles. The van der Waals surface area contributed by atoms with E-state index < -0.39 is 23.5 Å². The van der Waals surface area contributed by atoms with Gasteiger partial charge >= 0.3 is 6.18 Å². The minimum absolute atomic E-state index is 0.165. The van der Waals surface area contributed by atoms with Crippen LogP contribution >= 0.6 is 11.6 Å². The lowest BCUT2D eigenvalue weighted by atomic mass is 10.0. The molecule has 0 aliphatic rings. The molecule has 0 bridgehead atoms. The lowest BCUT2D eigenvalue weighted by molar-refractivity contribution is -0.136. The van der Waals surface area contributed by atoms with E-state index in [1.807, 2.05) is 0 Å². The number of nitrogens with two attached hydrogens (primary N) is 2. The number of halogens is 4. The molecular weight excluding hydrogens is 241 g/mol. The molecule has 1 atom stereocenters. The Bertz CT molecular complexity index is 415. The van der Waals surface area contributed by atoms with E-state index in [0.29, 0.717) is 0 Å². The fourth-order valence-electron chi connectivity index (χ4n) is 1.20. The molecule has 0 spiro atoms. The lowest BCUT2D eigenvalue weighted by Crippen LogP contribution is -2.13. The van der Waals surface area contributed by atoms with Crippen molar-refractivity contribution in [3.63, 3.8) is 0 Å². The van der Waals surface area contributed by atoms with Crippen LogP contribution in [0.3, 0.4) is 0 Å². The first-order chi connectivity index (χ1) is 7.27. The van der Waals surface area contributed by atoms with E-state index >= 15 is 0 Å². The molecule has 1 rings (SSSR count). The van der Waals surface area contributed by atoms with E-state index in [1.54, 1.807) is 0 Å². The van der Waals surface area contributed by atoms with Crippen LogP contribution in [-0.4, -0.2) is 0 Å². The molecule has 2 nitrogen and oxygen atoms in total. The average Bonchev–Trinajstić information content (AvgIpc) is 2.18. The van der Waals surface area contributed by atoms with Crippen LogP contribution in [0.25, 0.3) is 0 Å². The molecule has 1 aromatic rings. The van der Waals surface area contributed by atoms with Crippen molar-refractivity contribution in [1.29, 1.82) is 0 Å². The fourth-order valence-corrected chi connectivity index (χ4v) is 1.43. The quantitative estimate of drug-likeness (QED) is 0.626. The predicted octanol–water partition coefficient (Wildman–Crippen LogP) is 3.13. The maximum Gasteiger partial charge on any atom is 0.418 e. The highest BCUT2D eigenvalue weighted by atomic mass is 35.5. The van der Waals surface area contributed by atoms with Gasteiger partial charge in [0, 0.05) is 6.04 Å². The van der Waals surface area contributed by atoms with Gasteiger partial charge in [-0.25, -0.2) is 0 Å². The summed E-state index contributed by atoms with van der Waals surface area (Å²) in [5, 5.41) is -0.165. The van der Waals surface area contributed by atoms with E-state index in [1.165, 1.54) is 12.1 Å². The summed E-state index contributed by atoms with van der Waals surface area (Å²) in [6, 6.07) is 1.48. The Morgan fingerprint density at radius 3 is 2.38 bits per heavy atom. The Hall–Kier alpha value is -1.20. The van der Waals surface area contributed by atoms with Crippen LogP contribution in [0.1, 0.15) is 17.2 Å². The normalized spacial score (nSPS) is 13.6. The monoisotopic (exact) mass is 250 g/mol. The Labute approximate surface area is 95.7 Å². The van der Waals surface area contributed by atoms with Gasteiger partial charge in [-0.2, -0.15) is 13.2 Å². The first kappa shape index (κ1) is 12.9. The second kappa shape index (κ2) is 4.35. The standard InChI is InChI=1S/C10H10ClF3N2/c1-2-8(15)5-3-6(10(12,13)14)9(16)7(11)4-5/h2-4,8H,1,15-16H2/t8-/m1/s1. The van der Waals surface area contributed by atoms with Gasteiger partial charge in [0.1, 0.15) is 0 Å². The molecule has 0 heterocycles. The molecule has 4 N–H and O–H groups in total. The van der Waals surface area contributed by atoms with Gasteiger partial charge < -0.3 is 11.5 Å². The van der Waals surface area contributed by atoms with Crippen molar-refractivity contribution in [1.82, 2.24) is 0 Å². The van der Waals surface area contributed by atoms with E-state index in [9.17, 15) is 13.2 Å². The fraction of sp³-hybridized carbons (Fsp3) is 0.200. The first-order valence-electron chi connectivity index (χ1n) is 4.31.